The van der Waals surface area contributed by atoms with E-state index < -0.39 is 0 Å². The maximum absolute atomic E-state index is 9.11. The first-order valence-electron chi connectivity index (χ1n) is 5.92. The fourth-order valence-electron chi connectivity index (χ4n) is 1.65. The number of nitrogens with one attached hydrogen (secondary N) is 1. The normalized spacial score (nSPS) is 13.2. The van der Waals surface area contributed by atoms with E-state index in [1.54, 1.807) is 6.07 Å². The molecule has 1 rings (SSSR count). The van der Waals surface area contributed by atoms with Crippen molar-refractivity contribution in [2.75, 3.05) is 24.8 Å². The lowest BCUT2D eigenvalue weighted by molar-refractivity contribution is 0.235. The van der Waals surface area contributed by atoms with Crippen molar-refractivity contribution in [3.63, 3.8) is 0 Å². The van der Waals surface area contributed by atoms with Crippen LogP contribution in [0.15, 0.2) is 6.07 Å². The molecule has 6 nitrogen and oxygen atoms in total. The van der Waals surface area contributed by atoms with Gasteiger partial charge < -0.3 is 20.9 Å². The molecule has 0 aromatic carbocycles. The van der Waals surface area contributed by atoms with Crippen LogP contribution in [0.5, 0.6) is 5.88 Å². The van der Waals surface area contributed by atoms with Crippen LogP contribution < -0.4 is 15.8 Å². The van der Waals surface area contributed by atoms with Crippen LogP contribution in [0.1, 0.15) is 27.2 Å². The van der Waals surface area contributed by atoms with Gasteiger partial charge in [0.15, 0.2) is 0 Å². The maximum Gasteiger partial charge on any atom is 0.225 e. The third-order valence-electron chi connectivity index (χ3n) is 2.71. The molecule has 0 aliphatic heterocycles. The summed E-state index contributed by atoms with van der Waals surface area (Å²) >= 11 is 0. The molecule has 18 heavy (non-hydrogen) atoms. The van der Waals surface area contributed by atoms with E-state index in [0.717, 1.165) is 0 Å². The van der Waals surface area contributed by atoms with Gasteiger partial charge in [0.2, 0.25) is 11.8 Å². The van der Waals surface area contributed by atoms with Gasteiger partial charge in [-0.15, -0.1) is 0 Å². The first-order valence-corrected chi connectivity index (χ1v) is 5.92. The Morgan fingerprint density at radius 2 is 2.11 bits per heavy atom. The largest absolute Gasteiger partial charge is 0.481 e. The summed E-state index contributed by atoms with van der Waals surface area (Å²) in [6, 6.07) is 1.77. The average Bonchev–Trinajstić information content (AvgIpc) is 2.26. The number of hydrogen-bond donors (Lipinski definition) is 3. The average molecular weight is 254 g/mol. The molecule has 0 fully saturated rings. The molecule has 0 amide bonds. The molecule has 0 aliphatic carbocycles. The molecule has 0 spiro atoms. The summed E-state index contributed by atoms with van der Waals surface area (Å²) in [5.41, 5.74) is 5.60. The van der Waals surface area contributed by atoms with Gasteiger partial charge >= 0.3 is 0 Å². The Morgan fingerprint density at radius 3 is 2.61 bits per heavy atom. The van der Waals surface area contributed by atoms with Crippen LogP contribution in [0.2, 0.25) is 0 Å². The summed E-state index contributed by atoms with van der Waals surface area (Å²) in [4.78, 5) is 8.03. The van der Waals surface area contributed by atoms with Crippen molar-refractivity contribution in [2.24, 2.45) is 5.41 Å². The molecule has 1 atom stereocenters. The van der Waals surface area contributed by atoms with E-state index in [9.17, 15) is 0 Å². The Kier molecular flexibility index (Phi) is 4.72. The van der Waals surface area contributed by atoms with E-state index in [1.165, 1.54) is 7.11 Å². The van der Waals surface area contributed by atoms with Crippen LogP contribution in [-0.4, -0.2) is 34.8 Å². The van der Waals surface area contributed by atoms with Gasteiger partial charge in [0, 0.05) is 18.7 Å². The second-order valence-corrected chi connectivity index (χ2v) is 5.23. The van der Waals surface area contributed by atoms with Crippen LogP contribution in [0, 0.1) is 5.41 Å². The molecule has 0 aliphatic rings. The topological polar surface area (TPSA) is 93.3 Å². The van der Waals surface area contributed by atoms with Gasteiger partial charge in [-0.2, -0.15) is 9.97 Å². The standard InChI is InChI=1S/C12H22N4O2/c1-12(2,3)8(5-6-17)14-9-7-10(18-4)16-11(13)15-9/h7-8,17H,5-6H2,1-4H3,(H3,13,14,15,16). The quantitative estimate of drug-likeness (QED) is 0.733. The zero-order chi connectivity index (χ0) is 13.8. The van der Waals surface area contributed by atoms with E-state index in [4.69, 9.17) is 15.6 Å². The van der Waals surface area contributed by atoms with Crippen molar-refractivity contribution >= 4 is 11.8 Å². The van der Waals surface area contributed by atoms with Gasteiger partial charge in [-0.3, -0.25) is 0 Å². The fraction of sp³-hybridized carbons (Fsp3) is 0.667. The third kappa shape index (κ3) is 4.03. The summed E-state index contributed by atoms with van der Waals surface area (Å²) < 4.78 is 5.04. The maximum atomic E-state index is 9.11. The van der Waals surface area contributed by atoms with Gasteiger partial charge in [-0.05, 0) is 11.8 Å². The molecule has 0 saturated heterocycles. The Labute approximate surface area is 108 Å². The number of hydrogen-bond acceptors (Lipinski definition) is 6. The van der Waals surface area contributed by atoms with E-state index in [2.05, 4.69) is 36.1 Å². The first-order chi connectivity index (χ1) is 8.36. The van der Waals surface area contributed by atoms with Crippen molar-refractivity contribution in [3.05, 3.63) is 6.07 Å². The Hall–Kier alpha value is -1.56. The molecule has 1 aromatic rings. The zero-order valence-corrected chi connectivity index (χ0v) is 11.4. The molecular weight excluding hydrogens is 232 g/mol. The van der Waals surface area contributed by atoms with Gasteiger partial charge in [0.05, 0.1) is 7.11 Å². The number of aliphatic hydroxyl groups excluding tert-OH is 1. The fourth-order valence-corrected chi connectivity index (χ4v) is 1.65. The molecular formula is C12H22N4O2. The van der Waals surface area contributed by atoms with Crippen LogP contribution in [-0.2, 0) is 0 Å². The predicted octanol–water partition coefficient (Wildman–Crippen LogP) is 1.28. The van der Waals surface area contributed by atoms with Gasteiger partial charge in [0.25, 0.3) is 0 Å². The summed E-state index contributed by atoms with van der Waals surface area (Å²) in [6.07, 6.45) is 0.635. The monoisotopic (exact) mass is 254 g/mol. The van der Waals surface area contributed by atoms with Crippen molar-refractivity contribution < 1.29 is 9.84 Å². The lowest BCUT2D eigenvalue weighted by Gasteiger charge is -2.31. The molecule has 1 heterocycles. The predicted molar refractivity (Wildman–Crippen MR) is 71.6 cm³/mol. The minimum atomic E-state index is -0.00429. The van der Waals surface area contributed by atoms with Gasteiger partial charge in [-0.25, -0.2) is 0 Å². The minimum Gasteiger partial charge on any atom is -0.481 e. The van der Waals surface area contributed by atoms with E-state index in [1.807, 2.05) is 0 Å². The van der Waals surface area contributed by atoms with Crippen LogP contribution in [0.25, 0.3) is 0 Å². The summed E-state index contributed by atoms with van der Waals surface area (Å²) in [5, 5.41) is 12.4. The van der Waals surface area contributed by atoms with Gasteiger partial charge in [-0.1, -0.05) is 20.8 Å². The van der Waals surface area contributed by atoms with E-state index in [-0.39, 0.29) is 24.0 Å². The summed E-state index contributed by atoms with van der Waals surface area (Å²) in [6.45, 7) is 6.42. The Morgan fingerprint density at radius 1 is 1.44 bits per heavy atom. The van der Waals surface area contributed by atoms with Crippen LogP contribution in [0.3, 0.4) is 0 Å². The zero-order valence-electron chi connectivity index (χ0n) is 11.4. The Bertz CT molecular complexity index is 390. The summed E-state index contributed by atoms with van der Waals surface area (Å²) in [7, 11) is 1.53. The van der Waals surface area contributed by atoms with E-state index >= 15 is 0 Å². The lowest BCUT2D eigenvalue weighted by atomic mass is 9.85. The SMILES string of the molecule is COc1cc(NC(CCO)C(C)(C)C)nc(N)n1. The number of nitrogen functional groups attached to an aromatic ring is 1. The van der Waals surface area contributed by atoms with Crippen molar-refractivity contribution in [3.8, 4) is 5.88 Å². The number of nitrogens with two attached hydrogens (primary N) is 1. The number of methoxy groups -OCH3 is 1. The Balaban J connectivity index is 2.90. The number of anilines is 2. The van der Waals surface area contributed by atoms with Crippen LogP contribution in [0.4, 0.5) is 11.8 Å². The first kappa shape index (κ1) is 14.5. The third-order valence-corrected chi connectivity index (χ3v) is 2.71. The molecule has 0 bridgehead atoms. The van der Waals surface area contributed by atoms with Crippen molar-refractivity contribution in [2.45, 2.75) is 33.2 Å². The second-order valence-electron chi connectivity index (χ2n) is 5.23. The van der Waals surface area contributed by atoms with Crippen LogP contribution >= 0.6 is 0 Å². The smallest absolute Gasteiger partial charge is 0.225 e. The molecule has 102 valence electrons. The molecule has 0 radical (unpaired) electrons. The molecule has 4 N–H and O–H groups in total. The number of rotatable bonds is 5. The number of ether oxygens (including phenoxy) is 1. The molecule has 0 saturated carbocycles. The van der Waals surface area contributed by atoms with Crippen molar-refractivity contribution in [1.29, 1.82) is 0 Å². The summed E-state index contributed by atoms with van der Waals surface area (Å²) in [5.74, 6) is 1.18. The van der Waals surface area contributed by atoms with E-state index in [0.29, 0.717) is 18.1 Å². The highest BCUT2D eigenvalue weighted by Gasteiger charge is 2.24. The van der Waals surface area contributed by atoms with Gasteiger partial charge in [0.1, 0.15) is 5.82 Å². The lowest BCUT2D eigenvalue weighted by Crippen LogP contribution is -2.35. The van der Waals surface area contributed by atoms with Crippen molar-refractivity contribution in [1.82, 2.24) is 9.97 Å². The highest BCUT2D eigenvalue weighted by Crippen LogP contribution is 2.26. The minimum absolute atomic E-state index is 0.00429. The molecule has 6 heteroatoms. The number of aromatic nitrogens is 2. The molecule has 1 aromatic heterocycles. The second kappa shape index (κ2) is 5.86. The highest BCUT2D eigenvalue weighted by atomic mass is 16.5. The number of nitrogens with zero attached hydrogens (tertiary/aromatic N) is 2. The highest BCUT2D eigenvalue weighted by molar-refractivity contribution is 5.43. The molecule has 1 unspecified atom stereocenters. The number of aliphatic hydroxyl groups is 1.